The van der Waals surface area contributed by atoms with Crippen molar-refractivity contribution < 1.29 is 22.7 Å². The van der Waals surface area contributed by atoms with Crippen molar-refractivity contribution in [2.45, 2.75) is 36.7 Å². The molecule has 0 radical (unpaired) electrons. The molecule has 0 unspecified atom stereocenters. The summed E-state index contributed by atoms with van der Waals surface area (Å²) < 4.78 is 39.6. The fourth-order valence-corrected chi connectivity index (χ4v) is 7.98. The van der Waals surface area contributed by atoms with Crippen LogP contribution in [0.2, 0.25) is 10.0 Å². The van der Waals surface area contributed by atoms with Crippen LogP contribution in [0.5, 0.6) is 0 Å². The van der Waals surface area contributed by atoms with E-state index in [0.29, 0.717) is 16.6 Å². The first-order chi connectivity index (χ1) is 17.2. The van der Waals surface area contributed by atoms with Crippen LogP contribution >= 0.6 is 23.2 Å². The van der Waals surface area contributed by atoms with E-state index in [1.54, 1.807) is 13.0 Å². The Morgan fingerprint density at radius 1 is 1.08 bits per heavy atom. The molecule has 202 valence electrons. The smallest absolute Gasteiger partial charge is 0.248 e. The molecule has 1 amide bonds. The van der Waals surface area contributed by atoms with Crippen molar-refractivity contribution in [3.8, 4) is 0 Å². The van der Waals surface area contributed by atoms with Crippen LogP contribution in [0, 0.1) is 6.92 Å². The summed E-state index contributed by atoms with van der Waals surface area (Å²) in [5.74, 6) is -0.0606. The number of sulfonamides is 1. The number of ether oxygens (including phenoxy) is 2. The SMILES string of the molecule is Cc1cc(Cl)cc(Cl)c1S(=O)(=O)N1CCOC[C@H]1COCC(=O)N1CCC(N2CCN(C)CC2)CC1. The fraction of sp³-hybridized carbons (Fsp3) is 0.708. The molecule has 0 N–H and O–H groups in total. The van der Waals surface area contributed by atoms with Gasteiger partial charge in [-0.15, -0.1) is 0 Å². The van der Waals surface area contributed by atoms with Gasteiger partial charge in [-0.25, -0.2) is 8.42 Å². The summed E-state index contributed by atoms with van der Waals surface area (Å²) in [6, 6.07) is 2.99. The van der Waals surface area contributed by atoms with Gasteiger partial charge in [-0.3, -0.25) is 9.69 Å². The van der Waals surface area contributed by atoms with Gasteiger partial charge < -0.3 is 19.3 Å². The number of piperidine rings is 1. The summed E-state index contributed by atoms with van der Waals surface area (Å²) in [5.41, 5.74) is 0.480. The minimum atomic E-state index is -3.90. The van der Waals surface area contributed by atoms with E-state index in [1.807, 2.05) is 4.90 Å². The van der Waals surface area contributed by atoms with Gasteiger partial charge in [0.1, 0.15) is 11.5 Å². The number of hydrogen-bond acceptors (Lipinski definition) is 7. The lowest BCUT2D eigenvalue weighted by Gasteiger charge is -2.42. The average molecular weight is 564 g/mol. The molecule has 1 atom stereocenters. The molecule has 3 aliphatic rings. The highest BCUT2D eigenvalue weighted by Gasteiger charge is 2.37. The van der Waals surface area contributed by atoms with Crippen LogP contribution in [0.1, 0.15) is 18.4 Å². The fourth-order valence-electron chi connectivity index (χ4n) is 5.26. The second-order valence-electron chi connectivity index (χ2n) is 9.84. The van der Waals surface area contributed by atoms with Gasteiger partial charge in [0, 0.05) is 56.9 Å². The van der Waals surface area contributed by atoms with Gasteiger partial charge in [-0.05, 0) is 44.5 Å². The molecule has 1 aromatic rings. The largest absolute Gasteiger partial charge is 0.378 e. The number of likely N-dealkylation sites (N-methyl/N-ethyl adjacent to an activating group) is 1. The number of aryl methyl sites for hydroxylation is 1. The number of benzene rings is 1. The van der Waals surface area contributed by atoms with Crippen molar-refractivity contribution in [3.63, 3.8) is 0 Å². The van der Waals surface area contributed by atoms with Crippen LogP contribution in [-0.2, 0) is 24.3 Å². The lowest BCUT2D eigenvalue weighted by Crippen LogP contribution is -2.53. The van der Waals surface area contributed by atoms with E-state index in [1.165, 1.54) is 10.4 Å². The molecule has 0 spiro atoms. The number of amides is 1. The summed E-state index contributed by atoms with van der Waals surface area (Å²) in [7, 11) is -1.75. The number of nitrogens with zero attached hydrogens (tertiary/aromatic N) is 4. The van der Waals surface area contributed by atoms with Gasteiger partial charge in [0.05, 0.1) is 30.9 Å². The van der Waals surface area contributed by atoms with E-state index in [4.69, 9.17) is 32.7 Å². The number of piperazine rings is 1. The highest BCUT2D eigenvalue weighted by Crippen LogP contribution is 2.32. The Morgan fingerprint density at radius 3 is 2.44 bits per heavy atom. The van der Waals surface area contributed by atoms with E-state index in [0.717, 1.165) is 52.1 Å². The summed E-state index contributed by atoms with van der Waals surface area (Å²) >= 11 is 12.3. The number of morpholine rings is 1. The highest BCUT2D eigenvalue weighted by atomic mass is 35.5. The first-order valence-electron chi connectivity index (χ1n) is 12.5. The number of carbonyl (C=O) groups is 1. The summed E-state index contributed by atoms with van der Waals surface area (Å²) in [4.78, 5) is 19.6. The molecule has 3 aliphatic heterocycles. The molecule has 9 nitrogen and oxygen atoms in total. The van der Waals surface area contributed by atoms with Gasteiger partial charge in [-0.2, -0.15) is 4.31 Å². The topological polar surface area (TPSA) is 82.6 Å². The number of rotatable bonds is 7. The molecule has 0 aromatic heterocycles. The lowest BCUT2D eigenvalue weighted by atomic mass is 10.0. The Bertz CT molecular complexity index is 1000. The second-order valence-corrected chi connectivity index (χ2v) is 12.5. The van der Waals surface area contributed by atoms with Gasteiger partial charge in [0.2, 0.25) is 15.9 Å². The molecule has 0 aliphatic carbocycles. The molecule has 3 fully saturated rings. The normalized spacial score (nSPS) is 23.8. The predicted octanol–water partition coefficient (Wildman–Crippen LogP) is 1.95. The molecular weight excluding hydrogens is 527 g/mol. The van der Waals surface area contributed by atoms with Gasteiger partial charge >= 0.3 is 0 Å². The molecule has 12 heteroatoms. The number of hydrogen-bond donors (Lipinski definition) is 0. The minimum Gasteiger partial charge on any atom is -0.378 e. The Hall–Kier alpha value is -0.980. The van der Waals surface area contributed by atoms with E-state index in [2.05, 4.69) is 16.8 Å². The zero-order valence-electron chi connectivity index (χ0n) is 21.0. The molecular formula is C24H36Cl2N4O5S. The third-order valence-corrected chi connectivity index (χ3v) is 10.1. The predicted molar refractivity (Wildman–Crippen MR) is 139 cm³/mol. The number of carbonyl (C=O) groups excluding carboxylic acids is 1. The molecule has 1 aromatic carbocycles. The Kier molecular flexibility index (Phi) is 9.54. The van der Waals surface area contributed by atoms with Crippen molar-refractivity contribution in [3.05, 3.63) is 27.7 Å². The zero-order valence-corrected chi connectivity index (χ0v) is 23.3. The molecule has 4 rings (SSSR count). The van der Waals surface area contributed by atoms with Crippen molar-refractivity contribution in [2.75, 3.05) is 79.3 Å². The minimum absolute atomic E-state index is 0.0414. The first kappa shape index (κ1) is 28.0. The van der Waals surface area contributed by atoms with Crippen molar-refractivity contribution in [2.24, 2.45) is 0 Å². The molecule has 3 saturated heterocycles. The van der Waals surface area contributed by atoms with Crippen LogP contribution in [-0.4, -0.2) is 125 Å². The first-order valence-corrected chi connectivity index (χ1v) is 14.7. The maximum absolute atomic E-state index is 13.5. The van der Waals surface area contributed by atoms with Crippen LogP contribution in [0.4, 0.5) is 0 Å². The highest BCUT2D eigenvalue weighted by molar-refractivity contribution is 7.89. The average Bonchev–Trinajstić information content (AvgIpc) is 2.84. The van der Waals surface area contributed by atoms with Crippen molar-refractivity contribution >= 4 is 39.1 Å². The van der Waals surface area contributed by atoms with E-state index < -0.39 is 16.1 Å². The summed E-state index contributed by atoms with van der Waals surface area (Å²) in [6.45, 7) is 8.10. The van der Waals surface area contributed by atoms with E-state index >= 15 is 0 Å². The second kappa shape index (κ2) is 12.3. The Morgan fingerprint density at radius 2 is 1.78 bits per heavy atom. The van der Waals surface area contributed by atoms with Crippen LogP contribution in [0.25, 0.3) is 0 Å². The van der Waals surface area contributed by atoms with Crippen molar-refractivity contribution in [1.29, 1.82) is 0 Å². The molecule has 0 bridgehead atoms. The molecule has 36 heavy (non-hydrogen) atoms. The quantitative estimate of drug-likeness (QED) is 0.502. The third-order valence-electron chi connectivity index (χ3n) is 7.34. The zero-order chi connectivity index (χ0) is 25.9. The molecule has 3 heterocycles. The maximum Gasteiger partial charge on any atom is 0.248 e. The molecule has 0 saturated carbocycles. The monoisotopic (exact) mass is 562 g/mol. The van der Waals surface area contributed by atoms with Crippen LogP contribution in [0.3, 0.4) is 0 Å². The number of likely N-dealkylation sites (tertiary alicyclic amines) is 1. The Balaban J connectivity index is 1.29. The standard InChI is InChI=1S/C24H36Cl2N4O5S/c1-18-13-19(25)14-22(26)24(18)36(32,33)30-11-12-34-15-21(30)16-35-17-23(31)29-5-3-20(4-6-29)28-9-7-27(2)8-10-28/h13-14,20-21H,3-12,15-17H2,1-2H3/t21-/m0/s1. The third kappa shape index (κ3) is 6.53. The van der Waals surface area contributed by atoms with Gasteiger partial charge in [0.15, 0.2) is 0 Å². The summed E-state index contributed by atoms with van der Waals surface area (Å²) in [5, 5.41) is 0.464. The van der Waals surface area contributed by atoms with Crippen LogP contribution in [0.15, 0.2) is 17.0 Å². The van der Waals surface area contributed by atoms with Gasteiger partial charge in [0.25, 0.3) is 0 Å². The lowest BCUT2D eigenvalue weighted by molar-refractivity contribution is -0.138. The van der Waals surface area contributed by atoms with Crippen molar-refractivity contribution in [1.82, 2.24) is 19.0 Å². The number of halogens is 2. The van der Waals surface area contributed by atoms with E-state index in [-0.39, 0.29) is 48.8 Å². The van der Waals surface area contributed by atoms with Gasteiger partial charge in [-0.1, -0.05) is 23.2 Å². The van der Waals surface area contributed by atoms with E-state index in [9.17, 15) is 13.2 Å². The maximum atomic E-state index is 13.5. The Labute approximate surface area is 224 Å². The summed E-state index contributed by atoms with van der Waals surface area (Å²) in [6.07, 6.45) is 1.94. The van der Waals surface area contributed by atoms with Crippen LogP contribution < -0.4 is 0 Å².